The second-order valence-corrected chi connectivity index (χ2v) is 9.43. The number of benzene rings is 3. The number of allylic oxidation sites excluding steroid dienone is 1. The van der Waals surface area contributed by atoms with Crippen LogP contribution in [0.2, 0.25) is 0 Å². The van der Waals surface area contributed by atoms with Crippen LogP contribution in [-0.2, 0) is 11.0 Å². The predicted molar refractivity (Wildman–Crippen MR) is 139 cm³/mol. The number of nitrogens with zero attached hydrogens (tertiary/aromatic N) is 2. The highest BCUT2D eigenvalue weighted by Gasteiger charge is 2.38. The van der Waals surface area contributed by atoms with E-state index in [1.165, 1.54) is 18.2 Å². The number of halogens is 5. The van der Waals surface area contributed by atoms with E-state index in [0.717, 1.165) is 24.6 Å². The fourth-order valence-corrected chi connectivity index (χ4v) is 5.03. The summed E-state index contributed by atoms with van der Waals surface area (Å²) in [7, 11) is 0. The molecule has 1 aliphatic carbocycles. The zero-order valence-electron chi connectivity index (χ0n) is 20.7. The van der Waals surface area contributed by atoms with Crippen LogP contribution < -0.4 is 0 Å². The van der Waals surface area contributed by atoms with Crippen LogP contribution >= 0.6 is 0 Å². The van der Waals surface area contributed by atoms with Crippen molar-refractivity contribution < 1.29 is 31.9 Å². The first-order chi connectivity index (χ1) is 19.1. The minimum Gasteiger partial charge on any atom is -0.478 e. The summed E-state index contributed by atoms with van der Waals surface area (Å²) in [5.74, 6) is -3.46. The van der Waals surface area contributed by atoms with E-state index < -0.39 is 29.5 Å². The molecule has 0 bridgehead atoms. The normalized spacial score (nSPS) is 14.7. The van der Waals surface area contributed by atoms with Gasteiger partial charge >= 0.3 is 12.1 Å². The van der Waals surface area contributed by atoms with E-state index in [1.54, 1.807) is 24.3 Å². The number of hydrogen-bond donors (Lipinski definition) is 2. The smallest absolute Gasteiger partial charge is 0.417 e. The maximum absolute atomic E-state index is 14.7. The third-order valence-electron chi connectivity index (χ3n) is 7.04. The van der Waals surface area contributed by atoms with Gasteiger partial charge in [-0.25, -0.2) is 9.18 Å². The van der Waals surface area contributed by atoms with Crippen molar-refractivity contribution in [2.24, 2.45) is 5.92 Å². The monoisotopic (exact) mass is 549 g/mol. The van der Waals surface area contributed by atoms with E-state index in [0.29, 0.717) is 30.0 Å². The summed E-state index contributed by atoms with van der Waals surface area (Å²) in [5.41, 5.74) is 0.444. The van der Waals surface area contributed by atoms with Gasteiger partial charge in [0.2, 0.25) is 5.95 Å². The van der Waals surface area contributed by atoms with E-state index in [1.807, 2.05) is 6.07 Å². The average molecular weight is 549 g/mol. The number of aromatic nitrogens is 2. The predicted octanol–water partition coefficient (Wildman–Crippen LogP) is 7.59. The lowest BCUT2D eigenvalue weighted by molar-refractivity contribution is -0.138. The summed E-state index contributed by atoms with van der Waals surface area (Å²) in [4.78, 5) is 10.9. The van der Waals surface area contributed by atoms with Gasteiger partial charge in [0.1, 0.15) is 11.9 Å². The molecule has 0 spiro atoms. The molecule has 1 fully saturated rings. The molecule has 1 aromatic heterocycles. The van der Waals surface area contributed by atoms with Gasteiger partial charge in [-0.15, -0.1) is 5.10 Å². The molecule has 0 saturated heterocycles. The van der Waals surface area contributed by atoms with Crippen molar-refractivity contribution in [1.82, 2.24) is 10.2 Å². The minimum atomic E-state index is -4.87. The van der Waals surface area contributed by atoms with E-state index >= 15 is 0 Å². The van der Waals surface area contributed by atoms with Gasteiger partial charge in [0.05, 0.1) is 22.0 Å². The number of nitriles is 1. The zero-order valence-corrected chi connectivity index (χ0v) is 20.7. The van der Waals surface area contributed by atoms with Crippen LogP contribution in [0.15, 0.2) is 60.7 Å². The number of alkyl halides is 3. The van der Waals surface area contributed by atoms with Gasteiger partial charge in [-0.1, -0.05) is 42.8 Å². The Labute approximate surface area is 224 Å². The summed E-state index contributed by atoms with van der Waals surface area (Å²) in [6.45, 7) is 0. The number of aliphatic carboxylic acids is 1. The van der Waals surface area contributed by atoms with Crippen LogP contribution in [0.25, 0.3) is 28.1 Å². The van der Waals surface area contributed by atoms with Gasteiger partial charge in [-0.3, -0.25) is 5.10 Å². The maximum atomic E-state index is 14.7. The van der Waals surface area contributed by atoms with Crippen molar-refractivity contribution in [1.29, 1.82) is 5.26 Å². The van der Waals surface area contributed by atoms with Crippen molar-refractivity contribution >= 4 is 34.1 Å². The number of hydrogen-bond acceptors (Lipinski definition) is 3. The van der Waals surface area contributed by atoms with Gasteiger partial charge in [0.25, 0.3) is 0 Å². The number of aromatic amines is 1. The Kier molecular flexibility index (Phi) is 6.98. The van der Waals surface area contributed by atoms with Crippen LogP contribution in [0.4, 0.5) is 22.0 Å². The lowest BCUT2D eigenvalue weighted by atomic mass is 9.71. The van der Waals surface area contributed by atoms with Gasteiger partial charge in [0, 0.05) is 11.6 Å². The summed E-state index contributed by atoms with van der Waals surface area (Å²) in [6.07, 6.45) is -0.667. The SMILES string of the molecule is N#Cc1c(/C(=C(/c2ccc(F)cc2C(F)(F)F)C2CCC2)c2ccc(/C=C/C(=O)O)cc2)ccc2[nH]nc(F)c12. The molecule has 5 rings (SSSR count). The number of carboxylic acids is 1. The van der Waals surface area contributed by atoms with E-state index in [2.05, 4.69) is 10.2 Å². The first kappa shape index (κ1) is 26.8. The number of H-pyrrole nitrogens is 1. The number of nitrogens with one attached hydrogen (secondary N) is 1. The summed E-state index contributed by atoms with van der Waals surface area (Å²) in [6, 6.07) is 13.9. The molecule has 1 heterocycles. The maximum Gasteiger partial charge on any atom is 0.417 e. The highest BCUT2D eigenvalue weighted by molar-refractivity contribution is 6.04. The first-order valence-electron chi connectivity index (χ1n) is 12.3. The summed E-state index contributed by atoms with van der Waals surface area (Å²) < 4.78 is 71.6. The molecule has 0 amide bonds. The Morgan fingerprint density at radius 3 is 2.35 bits per heavy atom. The van der Waals surface area contributed by atoms with Crippen molar-refractivity contribution in [2.45, 2.75) is 25.4 Å². The molecule has 0 atom stereocenters. The molecule has 2 N–H and O–H groups in total. The van der Waals surface area contributed by atoms with Crippen molar-refractivity contribution in [3.05, 3.63) is 106 Å². The first-order valence-corrected chi connectivity index (χ1v) is 12.3. The highest BCUT2D eigenvalue weighted by atomic mass is 19.4. The Morgan fingerprint density at radius 2 is 1.75 bits per heavy atom. The molecular weight excluding hydrogens is 529 g/mol. The second kappa shape index (κ2) is 10.4. The van der Waals surface area contributed by atoms with E-state index in [4.69, 9.17) is 5.11 Å². The standard InChI is InChI=1S/C30H20F5N3O2/c31-19-9-10-21(23(14-19)30(33,34)35)27(17-2-1-3-17)26(18-7-4-16(5-8-18)6-13-25(39)40)20-11-12-24-28(22(20)15-36)29(32)38-37-24/h4-14,17H,1-3H2,(H,37,38)(H,39,40)/b13-6+,27-26+. The van der Waals surface area contributed by atoms with Crippen LogP contribution in [0, 0.1) is 29.0 Å². The molecule has 4 aromatic rings. The van der Waals surface area contributed by atoms with Gasteiger partial charge in [0.15, 0.2) is 0 Å². The molecule has 5 nitrogen and oxygen atoms in total. The summed E-state index contributed by atoms with van der Waals surface area (Å²) >= 11 is 0. The molecule has 3 aromatic carbocycles. The highest BCUT2D eigenvalue weighted by Crippen LogP contribution is 2.49. The van der Waals surface area contributed by atoms with Gasteiger partial charge in [-0.2, -0.15) is 22.8 Å². The molecular formula is C30H20F5N3O2. The van der Waals surface area contributed by atoms with Gasteiger partial charge < -0.3 is 5.11 Å². The number of carbonyl (C=O) groups is 1. The van der Waals surface area contributed by atoms with E-state index in [-0.39, 0.29) is 44.7 Å². The largest absolute Gasteiger partial charge is 0.478 e. The lowest BCUT2D eigenvalue weighted by Crippen LogP contribution is -2.19. The van der Waals surface area contributed by atoms with Crippen molar-refractivity contribution in [3.8, 4) is 6.07 Å². The number of rotatable bonds is 6. The molecule has 0 unspecified atom stereocenters. The van der Waals surface area contributed by atoms with Gasteiger partial charge in [-0.05, 0) is 70.9 Å². The number of fused-ring (bicyclic) bond motifs is 1. The molecule has 1 saturated carbocycles. The quantitative estimate of drug-likeness (QED) is 0.147. The molecule has 10 heteroatoms. The van der Waals surface area contributed by atoms with Crippen LogP contribution in [0.1, 0.15) is 52.6 Å². The average Bonchev–Trinajstić information content (AvgIpc) is 3.27. The van der Waals surface area contributed by atoms with Crippen molar-refractivity contribution in [2.75, 3.05) is 0 Å². The fourth-order valence-electron chi connectivity index (χ4n) is 5.03. The Morgan fingerprint density at radius 1 is 1.05 bits per heavy atom. The van der Waals surface area contributed by atoms with E-state index in [9.17, 15) is 32.0 Å². The molecule has 0 radical (unpaired) electrons. The van der Waals surface area contributed by atoms with Crippen LogP contribution in [-0.4, -0.2) is 21.3 Å². The Bertz CT molecular complexity index is 1720. The third-order valence-corrected chi connectivity index (χ3v) is 7.04. The molecule has 1 aliphatic rings. The topological polar surface area (TPSA) is 89.8 Å². The molecule has 40 heavy (non-hydrogen) atoms. The van der Waals surface area contributed by atoms with Crippen molar-refractivity contribution in [3.63, 3.8) is 0 Å². The Hall–Kier alpha value is -4.78. The molecule has 0 aliphatic heterocycles. The van der Waals surface area contributed by atoms with Crippen LogP contribution in [0.5, 0.6) is 0 Å². The third kappa shape index (κ3) is 4.98. The van der Waals surface area contributed by atoms with Crippen LogP contribution in [0.3, 0.4) is 0 Å². The lowest BCUT2D eigenvalue weighted by Gasteiger charge is -2.33. The molecule has 202 valence electrons. The number of carboxylic acid groups (broad SMARTS) is 1. The fraction of sp³-hybridized carbons (Fsp3) is 0.167. The second-order valence-electron chi connectivity index (χ2n) is 9.43. The minimum absolute atomic E-state index is 0.0957. The summed E-state index contributed by atoms with van der Waals surface area (Å²) in [5, 5.41) is 25.0. The Balaban J connectivity index is 1.89. The zero-order chi connectivity index (χ0) is 28.6.